The van der Waals surface area contributed by atoms with Crippen LogP contribution in [0.15, 0.2) is 24.3 Å². The molecule has 13 heavy (non-hydrogen) atoms. The molecule has 0 saturated carbocycles. The van der Waals surface area contributed by atoms with Crippen molar-refractivity contribution in [1.29, 1.82) is 0 Å². The molecule has 1 aliphatic rings. The van der Waals surface area contributed by atoms with Gasteiger partial charge in [-0.1, -0.05) is 26.0 Å². The van der Waals surface area contributed by atoms with E-state index in [1.165, 1.54) is 0 Å². The van der Waals surface area contributed by atoms with E-state index in [0.29, 0.717) is 11.1 Å². The van der Waals surface area contributed by atoms with Gasteiger partial charge in [0, 0.05) is 0 Å². The van der Waals surface area contributed by atoms with Gasteiger partial charge in [-0.3, -0.25) is 0 Å². The Morgan fingerprint density at radius 2 is 1.69 bits per heavy atom. The van der Waals surface area contributed by atoms with Gasteiger partial charge in [0.2, 0.25) is 0 Å². The zero-order chi connectivity index (χ0) is 9.84. The summed E-state index contributed by atoms with van der Waals surface area (Å²) in [5.74, 6) is -0.788. The van der Waals surface area contributed by atoms with E-state index in [9.17, 15) is 4.79 Å². The number of esters is 2. The third-order valence-corrected chi connectivity index (χ3v) is 1.57. The van der Waals surface area contributed by atoms with E-state index in [2.05, 4.69) is 4.74 Å². The van der Waals surface area contributed by atoms with Crippen LogP contribution in [0.3, 0.4) is 0 Å². The lowest BCUT2D eigenvalue weighted by Gasteiger charge is -1.82. The molecular formula is C10H11O3+. The van der Waals surface area contributed by atoms with Gasteiger partial charge >= 0.3 is 11.9 Å². The van der Waals surface area contributed by atoms with E-state index >= 15 is 0 Å². The molecule has 1 aromatic carbocycles. The van der Waals surface area contributed by atoms with Crippen molar-refractivity contribution in [2.45, 2.75) is 13.8 Å². The van der Waals surface area contributed by atoms with Crippen molar-refractivity contribution in [2.24, 2.45) is 0 Å². The molecule has 0 aliphatic carbocycles. The van der Waals surface area contributed by atoms with Crippen LogP contribution >= 0.6 is 0 Å². The molecule has 0 saturated heterocycles. The maximum absolute atomic E-state index is 10.9. The van der Waals surface area contributed by atoms with Crippen LogP contribution < -0.4 is 0 Å². The Hall–Kier alpha value is -1.64. The summed E-state index contributed by atoms with van der Waals surface area (Å²) in [6.07, 6.45) is 0. The van der Waals surface area contributed by atoms with E-state index in [-0.39, 0.29) is 5.97 Å². The lowest BCUT2D eigenvalue weighted by molar-refractivity contribution is 0.0724. The molecule has 1 aliphatic heterocycles. The summed E-state index contributed by atoms with van der Waals surface area (Å²) in [4.78, 5) is 19.9. The highest BCUT2D eigenvalue weighted by atomic mass is 16.6. The summed E-state index contributed by atoms with van der Waals surface area (Å²) in [7, 11) is 0. The minimum atomic E-state index is -0.488. The molecule has 0 spiro atoms. The van der Waals surface area contributed by atoms with Gasteiger partial charge in [-0.2, -0.15) is 0 Å². The molecule has 0 bridgehead atoms. The van der Waals surface area contributed by atoms with E-state index in [4.69, 9.17) is 4.79 Å². The fraction of sp³-hybridized carbons (Fsp3) is 0.200. The van der Waals surface area contributed by atoms with Crippen LogP contribution in [0.5, 0.6) is 0 Å². The van der Waals surface area contributed by atoms with Crippen molar-refractivity contribution >= 4 is 11.9 Å². The summed E-state index contributed by atoms with van der Waals surface area (Å²) < 4.78 is 4.46. The van der Waals surface area contributed by atoms with Crippen LogP contribution in [-0.4, -0.2) is 16.7 Å². The van der Waals surface area contributed by atoms with Crippen LogP contribution in [-0.2, 0) is 4.74 Å². The zero-order valence-corrected chi connectivity index (χ0v) is 7.57. The maximum atomic E-state index is 10.9. The molecule has 2 rings (SSSR count). The molecule has 0 radical (unpaired) electrons. The van der Waals surface area contributed by atoms with Gasteiger partial charge in [-0.25, -0.2) is 9.53 Å². The maximum Gasteiger partial charge on any atom is 0.527 e. The summed E-state index contributed by atoms with van der Waals surface area (Å²) >= 11 is 0. The number of carbonyl (C=O) groups is 1. The number of carbonyl (C=O) groups excluding carboxylic acids is 2. The number of cyclic esters (lactones) is 2. The quantitative estimate of drug-likeness (QED) is 0.346. The monoisotopic (exact) mass is 179 g/mol. The average Bonchev–Trinajstić information content (AvgIpc) is 2.47. The third-order valence-electron chi connectivity index (χ3n) is 1.57. The average molecular weight is 179 g/mol. The Morgan fingerprint density at radius 3 is 2.23 bits per heavy atom. The first-order chi connectivity index (χ1) is 6.29. The van der Waals surface area contributed by atoms with Gasteiger partial charge in [0.15, 0.2) is 0 Å². The first-order valence-electron chi connectivity index (χ1n) is 4.16. The highest BCUT2D eigenvalue weighted by Crippen LogP contribution is 2.17. The molecule has 1 aromatic rings. The third kappa shape index (κ3) is 1.59. The Kier molecular flexibility index (Phi) is 2.80. The van der Waals surface area contributed by atoms with E-state index in [1.807, 2.05) is 13.8 Å². The number of hydrogen-bond acceptors (Lipinski definition) is 2. The van der Waals surface area contributed by atoms with Gasteiger partial charge in [0.1, 0.15) is 11.1 Å². The molecule has 0 atom stereocenters. The van der Waals surface area contributed by atoms with Crippen molar-refractivity contribution < 1.29 is 14.3 Å². The topological polar surface area (TPSA) is 47.7 Å². The fourth-order valence-electron chi connectivity index (χ4n) is 1.05. The molecule has 1 heterocycles. The Balaban J connectivity index is 0.000000396. The first kappa shape index (κ1) is 9.45. The van der Waals surface area contributed by atoms with Crippen LogP contribution in [0.1, 0.15) is 29.8 Å². The van der Waals surface area contributed by atoms with Crippen molar-refractivity contribution in [3.63, 3.8) is 0 Å². The van der Waals surface area contributed by atoms with Gasteiger partial charge in [0.25, 0.3) is 0 Å². The first-order valence-corrected chi connectivity index (χ1v) is 4.16. The predicted molar refractivity (Wildman–Crippen MR) is 49.3 cm³/mol. The summed E-state index contributed by atoms with van der Waals surface area (Å²) in [6.45, 7) is 4.00. The lowest BCUT2D eigenvalue weighted by atomic mass is 10.1. The molecule has 68 valence electrons. The number of fused-ring (bicyclic) bond motifs is 1. The summed E-state index contributed by atoms with van der Waals surface area (Å²) in [5, 5.41) is 0. The smallest absolute Gasteiger partial charge is 0.335 e. The molecule has 0 unspecified atom stereocenters. The van der Waals surface area contributed by atoms with Crippen molar-refractivity contribution in [3.8, 4) is 0 Å². The normalized spacial score (nSPS) is 12.8. The van der Waals surface area contributed by atoms with E-state index < -0.39 is 5.97 Å². The second kappa shape index (κ2) is 3.85. The van der Waals surface area contributed by atoms with E-state index in [1.54, 1.807) is 24.3 Å². The second-order valence-electron chi connectivity index (χ2n) is 2.24. The Labute approximate surface area is 76.3 Å². The second-order valence-corrected chi connectivity index (χ2v) is 2.24. The molecular weight excluding hydrogens is 168 g/mol. The number of ether oxygens (including phenoxy) is 1. The summed E-state index contributed by atoms with van der Waals surface area (Å²) in [6, 6.07) is 6.70. The molecule has 3 nitrogen and oxygen atoms in total. The summed E-state index contributed by atoms with van der Waals surface area (Å²) in [5.41, 5.74) is 0.891. The van der Waals surface area contributed by atoms with Gasteiger partial charge in [-0.05, 0) is 12.1 Å². The Bertz CT molecular complexity index is 309. The number of rotatable bonds is 0. The number of hydrogen-bond donors (Lipinski definition) is 0. The molecule has 0 fully saturated rings. The lowest BCUT2D eigenvalue weighted by Crippen LogP contribution is -1.98. The van der Waals surface area contributed by atoms with Crippen LogP contribution in [0.25, 0.3) is 0 Å². The van der Waals surface area contributed by atoms with Crippen molar-refractivity contribution in [3.05, 3.63) is 35.4 Å². The van der Waals surface area contributed by atoms with Gasteiger partial charge < -0.3 is 4.79 Å². The van der Waals surface area contributed by atoms with Gasteiger partial charge in [-0.15, -0.1) is 0 Å². The van der Waals surface area contributed by atoms with Crippen molar-refractivity contribution in [2.75, 3.05) is 0 Å². The Morgan fingerprint density at radius 1 is 1.15 bits per heavy atom. The largest absolute Gasteiger partial charge is 0.527 e. The minimum Gasteiger partial charge on any atom is -0.335 e. The zero-order valence-electron chi connectivity index (χ0n) is 7.57. The standard InChI is InChI=1S/C8H4O3.C2H6/c9-7-5-3-1-2-4-6(5)8(10)11-7;1-2/h1-4H;1-2H3/p+1. The SMILES string of the molecule is CC.O=C1OC(=[OH+])c2ccccc21. The predicted octanol–water partition coefficient (Wildman–Crippen LogP) is 1.73. The fourth-order valence-corrected chi connectivity index (χ4v) is 1.05. The highest BCUT2D eigenvalue weighted by Gasteiger charge is 2.37. The van der Waals surface area contributed by atoms with Crippen LogP contribution in [0, 0.1) is 0 Å². The van der Waals surface area contributed by atoms with Crippen molar-refractivity contribution in [1.82, 2.24) is 0 Å². The molecule has 0 aromatic heterocycles. The minimum absolute atomic E-state index is 0.300. The van der Waals surface area contributed by atoms with Crippen LogP contribution in [0.2, 0.25) is 0 Å². The van der Waals surface area contributed by atoms with Gasteiger partial charge in [0.05, 0.1) is 0 Å². The molecule has 3 heteroatoms. The van der Waals surface area contributed by atoms with E-state index in [0.717, 1.165) is 0 Å². The molecule has 0 amide bonds. The highest BCUT2D eigenvalue weighted by molar-refractivity contribution is 6.14. The molecule has 1 N–H and O–H groups in total. The number of benzene rings is 1. The van der Waals surface area contributed by atoms with Crippen LogP contribution in [0.4, 0.5) is 0 Å².